The van der Waals surface area contributed by atoms with Gasteiger partial charge in [-0.1, -0.05) is 19.4 Å². The molecular formula is C15H22O3. The Bertz CT molecular complexity index is 421. The molecule has 0 amide bonds. The summed E-state index contributed by atoms with van der Waals surface area (Å²) in [5, 5.41) is 9.13. The number of carboxylic acid groups (broad SMARTS) is 1. The zero-order valence-corrected chi connectivity index (χ0v) is 11.5. The number of allylic oxidation sites excluding steroid dienone is 2. The predicted octanol–water partition coefficient (Wildman–Crippen LogP) is 3.19. The molecule has 3 nitrogen and oxygen atoms in total. The van der Waals surface area contributed by atoms with Gasteiger partial charge in [-0.15, -0.1) is 0 Å². The molecule has 100 valence electrons. The molecule has 0 heterocycles. The van der Waals surface area contributed by atoms with Crippen LogP contribution in [0, 0.1) is 17.3 Å². The number of rotatable bonds is 2. The van der Waals surface area contributed by atoms with E-state index in [0.29, 0.717) is 6.42 Å². The minimum atomic E-state index is -0.719. The Balaban J connectivity index is 2.27. The van der Waals surface area contributed by atoms with E-state index < -0.39 is 5.97 Å². The zero-order chi connectivity index (χ0) is 13.5. The van der Waals surface area contributed by atoms with E-state index in [1.54, 1.807) is 6.92 Å². The van der Waals surface area contributed by atoms with Crippen LogP contribution in [0.3, 0.4) is 0 Å². The highest BCUT2D eigenvalue weighted by atomic mass is 16.4. The van der Waals surface area contributed by atoms with Crippen molar-refractivity contribution in [2.75, 3.05) is 0 Å². The molecular weight excluding hydrogens is 228 g/mol. The number of carbonyl (C=O) groups is 2. The fourth-order valence-electron chi connectivity index (χ4n) is 3.52. The van der Waals surface area contributed by atoms with Gasteiger partial charge < -0.3 is 5.11 Å². The third kappa shape index (κ3) is 2.11. The molecule has 1 N–H and O–H groups in total. The number of ketones is 1. The molecule has 0 aliphatic heterocycles. The van der Waals surface area contributed by atoms with E-state index in [0.717, 1.165) is 31.3 Å². The third-order valence-corrected chi connectivity index (χ3v) is 5.13. The minimum Gasteiger partial charge on any atom is -0.481 e. The molecule has 0 radical (unpaired) electrons. The lowest BCUT2D eigenvalue weighted by molar-refractivity contribution is -0.143. The Kier molecular flexibility index (Phi) is 3.35. The number of aliphatic carboxylic acids is 1. The average molecular weight is 250 g/mol. The van der Waals surface area contributed by atoms with Gasteiger partial charge in [-0.2, -0.15) is 0 Å². The highest BCUT2D eigenvalue weighted by Gasteiger charge is 2.42. The zero-order valence-electron chi connectivity index (χ0n) is 11.5. The van der Waals surface area contributed by atoms with Crippen LogP contribution in [0.15, 0.2) is 11.1 Å². The minimum absolute atomic E-state index is 0.146. The van der Waals surface area contributed by atoms with Crippen LogP contribution >= 0.6 is 0 Å². The van der Waals surface area contributed by atoms with Gasteiger partial charge in [-0.05, 0) is 49.5 Å². The summed E-state index contributed by atoms with van der Waals surface area (Å²) >= 11 is 0. The van der Waals surface area contributed by atoms with E-state index in [-0.39, 0.29) is 23.0 Å². The van der Waals surface area contributed by atoms with Crippen molar-refractivity contribution in [2.45, 2.75) is 52.9 Å². The van der Waals surface area contributed by atoms with E-state index in [4.69, 9.17) is 5.11 Å². The summed E-state index contributed by atoms with van der Waals surface area (Å²) < 4.78 is 0. The molecule has 2 aliphatic rings. The topological polar surface area (TPSA) is 54.4 Å². The summed E-state index contributed by atoms with van der Waals surface area (Å²) in [4.78, 5) is 22.9. The van der Waals surface area contributed by atoms with Gasteiger partial charge >= 0.3 is 5.97 Å². The van der Waals surface area contributed by atoms with E-state index in [2.05, 4.69) is 6.92 Å². The Labute approximate surface area is 108 Å². The summed E-state index contributed by atoms with van der Waals surface area (Å²) in [5.41, 5.74) is 2.29. The summed E-state index contributed by atoms with van der Waals surface area (Å²) in [7, 11) is 0. The van der Waals surface area contributed by atoms with Crippen LogP contribution in [0.4, 0.5) is 0 Å². The van der Waals surface area contributed by atoms with Crippen LogP contribution in [0.5, 0.6) is 0 Å². The van der Waals surface area contributed by atoms with Gasteiger partial charge in [-0.3, -0.25) is 9.59 Å². The third-order valence-electron chi connectivity index (χ3n) is 5.13. The summed E-state index contributed by atoms with van der Waals surface area (Å²) in [6.07, 6.45) is 4.38. The van der Waals surface area contributed by atoms with Crippen LogP contribution in [-0.2, 0) is 9.59 Å². The molecule has 2 rings (SSSR count). The van der Waals surface area contributed by atoms with Gasteiger partial charge in [0.25, 0.3) is 0 Å². The molecule has 3 heteroatoms. The van der Waals surface area contributed by atoms with Gasteiger partial charge in [0.05, 0.1) is 5.92 Å². The van der Waals surface area contributed by atoms with Crippen molar-refractivity contribution in [1.82, 2.24) is 0 Å². The quantitative estimate of drug-likeness (QED) is 0.818. The van der Waals surface area contributed by atoms with Crippen LogP contribution in [0.2, 0.25) is 0 Å². The van der Waals surface area contributed by atoms with Crippen molar-refractivity contribution < 1.29 is 14.7 Å². The number of Topliss-reactive ketones (excluding diaryl/α,β-unsaturated/α-hetero) is 1. The van der Waals surface area contributed by atoms with Crippen LogP contribution < -0.4 is 0 Å². The second-order valence-electron chi connectivity index (χ2n) is 6.22. The molecule has 0 aromatic carbocycles. The fraction of sp³-hybridized carbons (Fsp3) is 0.733. The monoisotopic (exact) mass is 250 g/mol. The lowest BCUT2D eigenvalue weighted by atomic mass is 9.60. The predicted molar refractivity (Wildman–Crippen MR) is 69.2 cm³/mol. The van der Waals surface area contributed by atoms with Gasteiger partial charge in [0.15, 0.2) is 5.78 Å². The Morgan fingerprint density at radius 1 is 1.44 bits per heavy atom. The van der Waals surface area contributed by atoms with Gasteiger partial charge in [0.1, 0.15) is 0 Å². The molecule has 1 fully saturated rings. The largest absolute Gasteiger partial charge is 0.481 e. The number of hydrogen-bond acceptors (Lipinski definition) is 2. The molecule has 3 unspecified atom stereocenters. The van der Waals surface area contributed by atoms with Gasteiger partial charge in [-0.25, -0.2) is 0 Å². The van der Waals surface area contributed by atoms with Crippen LogP contribution in [0.25, 0.3) is 0 Å². The number of carboxylic acids is 1. The second kappa shape index (κ2) is 4.52. The van der Waals surface area contributed by atoms with Crippen molar-refractivity contribution in [2.24, 2.45) is 17.3 Å². The van der Waals surface area contributed by atoms with E-state index in [1.165, 1.54) is 5.57 Å². The molecule has 0 spiro atoms. The number of fused-ring (bicyclic) bond motifs is 1. The summed E-state index contributed by atoms with van der Waals surface area (Å²) in [6.45, 7) is 5.94. The maximum atomic E-state index is 11.8. The molecule has 0 saturated heterocycles. The summed E-state index contributed by atoms with van der Waals surface area (Å²) in [5.74, 6) is -0.589. The average Bonchev–Trinajstić information content (AvgIpc) is 2.33. The van der Waals surface area contributed by atoms with E-state index in [9.17, 15) is 9.59 Å². The Morgan fingerprint density at radius 3 is 2.72 bits per heavy atom. The first-order valence-electron chi connectivity index (χ1n) is 6.81. The lowest BCUT2D eigenvalue weighted by Gasteiger charge is -2.44. The van der Waals surface area contributed by atoms with Crippen molar-refractivity contribution in [3.63, 3.8) is 0 Å². The first kappa shape index (κ1) is 13.3. The fourth-order valence-corrected chi connectivity index (χ4v) is 3.52. The highest BCUT2D eigenvalue weighted by Crippen LogP contribution is 2.51. The molecule has 18 heavy (non-hydrogen) atoms. The van der Waals surface area contributed by atoms with E-state index >= 15 is 0 Å². The van der Waals surface area contributed by atoms with Crippen LogP contribution in [0.1, 0.15) is 52.9 Å². The first-order chi connectivity index (χ1) is 8.35. The highest BCUT2D eigenvalue weighted by molar-refractivity contribution is 5.96. The summed E-state index contributed by atoms with van der Waals surface area (Å²) in [6, 6.07) is 0. The van der Waals surface area contributed by atoms with E-state index in [1.807, 2.05) is 6.92 Å². The first-order valence-corrected chi connectivity index (χ1v) is 6.81. The van der Waals surface area contributed by atoms with Crippen molar-refractivity contribution in [1.29, 1.82) is 0 Å². The molecule has 3 atom stereocenters. The molecule has 0 aromatic heterocycles. The lowest BCUT2D eigenvalue weighted by Crippen LogP contribution is -2.36. The second-order valence-corrected chi connectivity index (χ2v) is 6.22. The van der Waals surface area contributed by atoms with Gasteiger partial charge in [0, 0.05) is 6.42 Å². The van der Waals surface area contributed by atoms with Crippen LogP contribution in [-0.4, -0.2) is 16.9 Å². The SMILES string of the molecule is CC1=C2CC(C(C)C(=O)O)CCC2(C)CCC1=O. The Hall–Kier alpha value is -1.12. The molecule has 0 bridgehead atoms. The normalized spacial score (nSPS) is 34.2. The number of hydrogen-bond donors (Lipinski definition) is 1. The standard InChI is InChI=1S/C15H22O3/c1-9(14(17)18)11-4-6-15(3)7-5-13(16)10(2)12(15)8-11/h9,11H,4-8H2,1-3H3,(H,17,18). The Morgan fingerprint density at radius 2 is 2.11 bits per heavy atom. The molecule has 1 saturated carbocycles. The smallest absolute Gasteiger partial charge is 0.306 e. The number of carbonyl (C=O) groups excluding carboxylic acids is 1. The molecule has 2 aliphatic carbocycles. The van der Waals surface area contributed by atoms with Gasteiger partial charge in [0.2, 0.25) is 0 Å². The van der Waals surface area contributed by atoms with Crippen molar-refractivity contribution in [3.8, 4) is 0 Å². The maximum Gasteiger partial charge on any atom is 0.306 e. The molecule has 0 aromatic rings. The maximum absolute atomic E-state index is 11.8. The van der Waals surface area contributed by atoms with Crippen molar-refractivity contribution in [3.05, 3.63) is 11.1 Å². The van der Waals surface area contributed by atoms with Crippen molar-refractivity contribution >= 4 is 11.8 Å².